The summed E-state index contributed by atoms with van der Waals surface area (Å²) in [7, 11) is 0. The number of quaternary nitrogens is 3. The minimum atomic E-state index is -0.975. The van der Waals surface area contributed by atoms with E-state index in [-0.39, 0.29) is 0 Å². The van der Waals surface area contributed by atoms with Crippen molar-refractivity contribution in [3.8, 4) is 11.5 Å². The number of unbranched alkanes of at least 4 members (excludes halogenated alkanes) is 1. The molecule has 0 bridgehead atoms. The zero-order valence-electron chi connectivity index (χ0n) is 39.5. The van der Waals surface area contributed by atoms with Crippen LogP contribution in [-0.2, 0) is 12.8 Å². The Balaban J connectivity index is 1.26. The van der Waals surface area contributed by atoms with Crippen molar-refractivity contribution < 1.29 is 33.3 Å². The first-order chi connectivity index (χ1) is 28.7. The van der Waals surface area contributed by atoms with Crippen molar-refractivity contribution in [1.82, 2.24) is 0 Å². The standard InChI is InChI=1S/C52H85N5O2/c1-10-17-23-42(24-20-29-53(11-2)12-3)34-44-32-40(8)50-46(36-44)38-56-48-27-18-19-28-49(48)57-39-47-37-45(33-41(9)51(47)59-52(56,57)58-50)35-43(25-21-30-54(13-4)14-5)26-22-31-55(15-6)16-7/h32-33,36-39,42-43,48-49H,10-31,34-35H2,1-9H3/q+2/p+3. The number of rotatable bonds is 25. The molecular weight excluding hydrogens is 727 g/mol. The number of nitrogens with zero attached hydrogens (tertiary/aromatic N) is 2. The first-order valence-corrected chi connectivity index (χ1v) is 25.1. The van der Waals surface area contributed by atoms with Crippen molar-refractivity contribution in [2.24, 2.45) is 11.8 Å². The molecule has 0 amide bonds. The minimum absolute atomic E-state index is 0.371. The lowest BCUT2D eigenvalue weighted by Crippen LogP contribution is -3.11. The molecule has 1 aliphatic carbocycles. The molecule has 2 fully saturated rings. The predicted molar refractivity (Wildman–Crippen MR) is 246 cm³/mol. The van der Waals surface area contributed by atoms with Gasteiger partial charge < -0.3 is 24.2 Å². The number of hydrogen-bond donors (Lipinski definition) is 3. The predicted octanol–water partition coefficient (Wildman–Crippen LogP) is 6.21. The van der Waals surface area contributed by atoms with Crippen LogP contribution in [0.2, 0.25) is 0 Å². The summed E-state index contributed by atoms with van der Waals surface area (Å²) >= 11 is 0. The molecule has 1 saturated carbocycles. The summed E-state index contributed by atoms with van der Waals surface area (Å²) < 4.78 is 19.7. The molecule has 0 aromatic heterocycles. The summed E-state index contributed by atoms with van der Waals surface area (Å²) in [6, 6.07) is 9.58. The van der Waals surface area contributed by atoms with Crippen LogP contribution >= 0.6 is 0 Å². The second kappa shape index (κ2) is 21.9. The first-order valence-electron chi connectivity index (χ1n) is 25.1. The van der Waals surface area contributed by atoms with Gasteiger partial charge in [0, 0.05) is 12.8 Å². The van der Waals surface area contributed by atoms with Crippen LogP contribution in [0.5, 0.6) is 11.5 Å². The molecule has 4 unspecified atom stereocenters. The Labute approximate surface area is 361 Å². The maximum absolute atomic E-state index is 7.35. The SMILES string of the molecule is CCCCC(CCC[NH+](CC)CC)Cc1cc(C)c2c(c1)C=[N+]1C3CCCCC3[N+]3=Cc4cc(CC(CCC[NH+](CC)CC)CCC[NH+](CC)CC)cc(C)c4OC13O2. The average Bonchev–Trinajstić information content (AvgIpc) is 3.52. The zero-order valence-corrected chi connectivity index (χ0v) is 39.5. The van der Waals surface area contributed by atoms with E-state index >= 15 is 0 Å². The fourth-order valence-corrected chi connectivity index (χ4v) is 11.5. The maximum Gasteiger partial charge on any atom is 0.704 e. The second-order valence-corrected chi connectivity index (χ2v) is 19.2. The highest BCUT2D eigenvalue weighted by Crippen LogP contribution is 2.46. The van der Waals surface area contributed by atoms with Gasteiger partial charge in [-0.15, -0.1) is 0 Å². The Bertz CT molecular complexity index is 1690. The molecule has 3 N–H and O–H groups in total. The molecule has 4 atom stereocenters. The number of aryl methyl sites for hydroxylation is 2. The lowest BCUT2D eigenvalue weighted by Gasteiger charge is -2.29. The van der Waals surface area contributed by atoms with Crippen molar-refractivity contribution in [2.45, 2.75) is 177 Å². The van der Waals surface area contributed by atoms with Gasteiger partial charge in [0.1, 0.15) is 0 Å². The van der Waals surface area contributed by atoms with E-state index in [0.29, 0.717) is 18.0 Å². The Hall–Kier alpha value is -2.74. The Morgan fingerprint density at radius 1 is 0.559 bits per heavy atom. The Morgan fingerprint density at radius 3 is 1.29 bits per heavy atom. The highest BCUT2D eigenvalue weighted by Gasteiger charge is 2.76. The van der Waals surface area contributed by atoms with Crippen LogP contribution in [0, 0.1) is 25.7 Å². The van der Waals surface area contributed by atoms with Crippen LogP contribution in [0.4, 0.5) is 0 Å². The number of benzene rings is 2. The van der Waals surface area contributed by atoms with E-state index in [1.54, 1.807) is 14.7 Å². The van der Waals surface area contributed by atoms with Crippen LogP contribution < -0.4 is 24.2 Å². The van der Waals surface area contributed by atoms with E-state index < -0.39 is 6.03 Å². The van der Waals surface area contributed by atoms with Crippen molar-refractivity contribution in [3.63, 3.8) is 0 Å². The lowest BCUT2D eigenvalue weighted by molar-refractivity contribution is -0.896. The summed E-state index contributed by atoms with van der Waals surface area (Å²) in [5.74, 6) is 3.45. The Morgan fingerprint density at radius 2 is 0.932 bits per heavy atom. The van der Waals surface area contributed by atoms with Crippen LogP contribution in [0.3, 0.4) is 0 Å². The molecule has 1 spiro atoms. The number of ether oxygens (including phenoxy) is 2. The summed E-state index contributed by atoms with van der Waals surface area (Å²) in [6.45, 7) is 32.2. The summed E-state index contributed by atoms with van der Waals surface area (Å²) in [4.78, 5) is 5.20. The van der Waals surface area contributed by atoms with Gasteiger partial charge in [0.25, 0.3) is 0 Å². The molecule has 4 aliphatic rings. The molecule has 2 aromatic rings. The molecule has 6 rings (SSSR count). The lowest BCUT2D eigenvalue weighted by atomic mass is 9.88. The van der Waals surface area contributed by atoms with Crippen molar-refractivity contribution >= 4 is 12.4 Å². The van der Waals surface area contributed by atoms with Crippen molar-refractivity contribution in [3.05, 3.63) is 57.6 Å². The molecule has 328 valence electrons. The second-order valence-electron chi connectivity index (χ2n) is 19.2. The monoisotopic (exact) mass is 815 g/mol. The van der Waals surface area contributed by atoms with Gasteiger partial charge >= 0.3 is 6.03 Å². The quantitative estimate of drug-likeness (QED) is 0.105. The molecule has 59 heavy (non-hydrogen) atoms. The van der Waals surface area contributed by atoms with Gasteiger partial charge in [-0.2, -0.15) is 0 Å². The van der Waals surface area contributed by atoms with E-state index in [9.17, 15) is 0 Å². The number of hydrogen-bond acceptors (Lipinski definition) is 2. The van der Waals surface area contributed by atoms with Crippen LogP contribution in [-0.4, -0.2) is 98.6 Å². The van der Waals surface area contributed by atoms with Gasteiger partial charge in [0.2, 0.25) is 12.1 Å². The normalized spacial score (nSPS) is 21.1. The zero-order chi connectivity index (χ0) is 41.9. The van der Waals surface area contributed by atoms with Gasteiger partial charge in [-0.25, -0.2) is 0 Å². The summed E-state index contributed by atoms with van der Waals surface area (Å²) in [6.07, 6.45) is 23.9. The molecular formula is C52H88N5O2+5. The smallest absolute Gasteiger partial charge is 0.340 e. The van der Waals surface area contributed by atoms with Gasteiger partial charge in [0.15, 0.2) is 23.9 Å². The van der Waals surface area contributed by atoms with Gasteiger partial charge in [-0.05, 0) is 166 Å². The molecule has 7 nitrogen and oxygen atoms in total. The first kappa shape index (κ1) is 45.8. The van der Waals surface area contributed by atoms with E-state index in [1.807, 2.05) is 0 Å². The molecule has 1 saturated heterocycles. The van der Waals surface area contributed by atoms with E-state index in [4.69, 9.17) is 9.47 Å². The summed E-state index contributed by atoms with van der Waals surface area (Å²) in [5.41, 5.74) is 7.88. The van der Waals surface area contributed by atoms with Crippen LogP contribution in [0.25, 0.3) is 0 Å². The highest BCUT2D eigenvalue weighted by molar-refractivity contribution is 5.84. The van der Waals surface area contributed by atoms with E-state index in [0.717, 1.165) is 30.3 Å². The third-order valence-corrected chi connectivity index (χ3v) is 15.3. The molecule has 0 radical (unpaired) electrons. The van der Waals surface area contributed by atoms with Gasteiger partial charge in [-0.1, -0.05) is 47.5 Å². The van der Waals surface area contributed by atoms with Gasteiger partial charge in [-0.3, -0.25) is 0 Å². The largest absolute Gasteiger partial charge is 0.704 e. The highest BCUT2D eigenvalue weighted by atomic mass is 16.7. The van der Waals surface area contributed by atoms with E-state index in [2.05, 4.69) is 108 Å². The van der Waals surface area contributed by atoms with Crippen molar-refractivity contribution in [2.75, 3.05) is 58.9 Å². The van der Waals surface area contributed by atoms with E-state index in [1.165, 1.54) is 176 Å². The van der Waals surface area contributed by atoms with Crippen LogP contribution in [0.15, 0.2) is 24.3 Å². The third kappa shape index (κ3) is 10.8. The fourth-order valence-electron chi connectivity index (χ4n) is 11.5. The molecule has 7 heteroatoms. The summed E-state index contributed by atoms with van der Waals surface area (Å²) in [5, 5.41) is 0. The molecule has 3 aliphatic heterocycles. The molecule has 2 aromatic carbocycles. The van der Waals surface area contributed by atoms with Crippen LogP contribution in [0.1, 0.15) is 165 Å². The molecule has 3 heterocycles. The fraction of sp³-hybridized carbons (Fsp3) is 0.731. The topological polar surface area (TPSA) is 37.8 Å². The maximum atomic E-state index is 7.35. The number of fused-ring (bicyclic) bond motifs is 5. The van der Waals surface area contributed by atoms with Crippen molar-refractivity contribution in [1.29, 1.82) is 0 Å². The average molecular weight is 815 g/mol. The Kier molecular flexibility index (Phi) is 17.0. The number of nitrogens with one attached hydrogen (secondary N) is 3. The minimum Gasteiger partial charge on any atom is -0.340 e. The van der Waals surface area contributed by atoms with Gasteiger partial charge in [0.05, 0.1) is 70.0 Å². The third-order valence-electron chi connectivity index (χ3n) is 15.3.